The van der Waals surface area contributed by atoms with Crippen molar-refractivity contribution < 1.29 is 4.74 Å². The average Bonchev–Trinajstić information content (AvgIpc) is 1.93. The maximum atomic E-state index is 5.68. The molecule has 1 heteroatoms. The number of rotatable bonds is 0. The minimum atomic E-state index is 0.0811. The van der Waals surface area contributed by atoms with Crippen LogP contribution < -0.4 is 0 Å². The van der Waals surface area contributed by atoms with Crippen LogP contribution in [-0.4, -0.2) is 12.2 Å². The normalized spacial score (nSPS) is 51.8. The smallest absolute Gasteiger partial charge is 0.0835 e. The van der Waals surface area contributed by atoms with Crippen LogP contribution in [0.3, 0.4) is 0 Å². The second kappa shape index (κ2) is 1.65. The molecule has 2 bridgehead atoms. The third kappa shape index (κ3) is 0.807. The van der Waals surface area contributed by atoms with E-state index in [2.05, 4.69) is 26.0 Å². The highest BCUT2D eigenvalue weighted by molar-refractivity contribution is 5.15. The van der Waals surface area contributed by atoms with E-state index in [0.717, 1.165) is 6.61 Å². The minimum absolute atomic E-state index is 0.0811. The van der Waals surface area contributed by atoms with Crippen LogP contribution in [-0.2, 0) is 4.74 Å². The van der Waals surface area contributed by atoms with Crippen molar-refractivity contribution in [2.75, 3.05) is 6.61 Å². The molecule has 1 saturated heterocycles. The van der Waals surface area contributed by atoms with E-state index in [1.54, 1.807) is 0 Å². The molecule has 0 N–H and O–H groups in total. The summed E-state index contributed by atoms with van der Waals surface area (Å²) in [5.74, 6) is 0. The molecule has 0 amide bonds. The Kier molecular flexibility index (Phi) is 1.06. The zero-order valence-corrected chi connectivity index (χ0v) is 6.68. The number of ether oxygens (including phenoxy) is 1. The van der Waals surface area contributed by atoms with Crippen molar-refractivity contribution in [1.29, 1.82) is 0 Å². The molecule has 3 rings (SSSR count). The predicted octanol–water partition coefficient (Wildman–Crippen LogP) is 2.13. The molecule has 3 aliphatic rings. The van der Waals surface area contributed by atoms with Gasteiger partial charge in [0.2, 0.25) is 0 Å². The molecular formula is C9H14O. The summed E-state index contributed by atoms with van der Waals surface area (Å²) in [6.45, 7) is 5.35. The summed E-state index contributed by atoms with van der Waals surface area (Å²) in [5.41, 5.74) is 0.440. The highest BCUT2D eigenvalue weighted by Gasteiger charge is 2.39. The molecule has 0 radical (unpaired) electrons. The van der Waals surface area contributed by atoms with Gasteiger partial charge in [-0.05, 0) is 19.8 Å². The molecule has 0 spiro atoms. The summed E-state index contributed by atoms with van der Waals surface area (Å²) < 4.78 is 5.68. The van der Waals surface area contributed by atoms with Crippen molar-refractivity contribution in [1.82, 2.24) is 0 Å². The third-order valence-electron chi connectivity index (χ3n) is 2.76. The molecule has 2 heterocycles. The second-order valence-electron chi connectivity index (χ2n) is 4.09. The molecule has 0 aromatic carbocycles. The summed E-state index contributed by atoms with van der Waals surface area (Å²) in [6.07, 6.45) is 7.03. The van der Waals surface area contributed by atoms with Crippen molar-refractivity contribution in [2.24, 2.45) is 5.41 Å². The molecule has 0 saturated carbocycles. The Morgan fingerprint density at radius 2 is 2.00 bits per heavy atom. The van der Waals surface area contributed by atoms with E-state index in [1.807, 2.05) is 0 Å². The van der Waals surface area contributed by atoms with Gasteiger partial charge in [0, 0.05) is 5.41 Å². The van der Waals surface area contributed by atoms with E-state index < -0.39 is 0 Å². The van der Waals surface area contributed by atoms with Gasteiger partial charge >= 0.3 is 0 Å². The summed E-state index contributed by atoms with van der Waals surface area (Å²) in [6, 6.07) is 0. The molecule has 2 aliphatic heterocycles. The number of hydrogen-bond acceptors (Lipinski definition) is 1. The Labute approximate surface area is 62.1 Å². The van der Waals surface area contributed by atoms with E-state index in [9.17, 15) is 0 Å². The Balaban J connectivity index is 2.33. The van der Waals surface area contributed by atoms with Crippen LogP contribution >= 0.6 is 0 Å². The fourth-order valence-electron chi connectivity index (χ4n) is 1.65. The highest BCUT2D eigenvalue weighted by Crippen LogP contribution is 2.42. The van der Waals surface area contributed by atoms with E-state index in [0.29, 0.717) is 5.41 Å². The standard InChI is InChI=1S/C9H14O/c1-8-3-5-9(2,6-4-8)10-7-8/h3,5H,4,6-7H2,1-2H3/t8-,9+/m0/s1. The molecule has 0 aromatic rings. The van der Waals surface area contributed by atoms with Gasteiger partial charge < -0.3 is 4.74 Å². The lowest BCUT2D eigenvalue weighted by Crippen LogP contribution is -2.43. The lowest BCUT2D eigenvalue weighted by molar-refractivity contribution is -0.0900. The van der Waals surface area contributed by atoms with Gasteiger partial charge in [-0.25, -0.2) is 0 Å². The van der Waals surface area contributed by atoms with Gasteiger partial charge in [0.15, 0.2) is 0 Å². The topological polar surface area (TPSA) is 9.23 Å². The van der Waals surface area contributed by atoms with Gasteiger partial charge in [-0.1, -0.05) is 19.1 Å². The van der Waals surface area contributed by atoms with Gasteiger partial charge in [0.25, 0.3) is 0 Å². The van der Waals surface area contributed by atoms with E-state index >= 15 is 0 Å². The van der Waals surface area contributed by atoms with Crippen LogP contribution in [0.1, 0.15) is 26.7 Å². The van der Waals surface area contributed by atoms with E-state index in [-0.39, 0.29) is 5.60 Å². The van der Waals surface area contributed by atoms with Crippen LogP contribution in [0.25, 0.3) is 0 Å². The Hall–Kier alpha value is -0.300. The van der Waals surface area contributed by atoms with Crippen LogP contribution in [0.15, 0.2) is 12.2 Å². The van der Waals surface area contributed by atoms with E-state index in [4.69, 9.17) is 4.74 Å². The van der Waals surface area contributed by atoms with Gasteiger partial charge in [-0.2, -0.15) is 0 Å². The van der Waals surface area contributed by atoms with Crippen LogP contribution in [0.5, 0.6) is 0 Å². The van der Waals surface area contributed by atoms with Crippen molar-refractivity contribution in [3.8, 4) is 0 Å². The summed E-state index contributed by atoms with van der Waals surface area (Å²) >= 11 is 0. The van der Waals surface area contributed by atoms with Crippen LogP contribution in [0.4, 0.5) is 0 Å². The Bertz CT molecular complexity index is 153. The molecular weight excluding hydrogens is 124 g/mol. The summed E-state index contributed by atoms with van der Waals surface area (Å²) in [7, 11) is 0. The molecule has 2 atom stereocenters. The second-order valence-corrected chi connectivity index (χ2v) is 4.09. The van der Waals surface area contributed by atoms with Gasteiger partial charge in [0.1, 0.15) is 0 Å². The first-order valence-corrected chi connectivity index (χ1v) is 3.96. The molecule has 0 unspecified atom stereocenters. The number of fused-ring (bicyclic) bond motifs is 2. The fraction of sp³-hybridized carbons (Fsp3) is 0.778. The Morgan fingerprint density at radius 1 is 1.20 bits per heavy atom. The van der Waals surface area contributed by atoms with Crippen molar-refractivity contribution >= 4 is 0 Å². The lowest BCUT2D eigenvalue weighted by Gasteiger charge is -2.45. The molecule has 1 nitrogen and oxygen atoms in total. The first kappa shape index (κ1) is 6.41. The largest absolute Gasteiger partial charge is 0.370 e. The highest BCUT2D eigenvalue weighted by atomic mass is 16.5. The zero-order valence-electron chi connectivity index (χ0n) is 6.68. The summed E-state index contributed by atoms with van der Waals surface area (Å²) in [4.78, 5) is 0. The molecule has 10 heavy (non-hydrogen) atoms. The molecule has 0 aromatic heterocycles. The Morgan fingerprint density at radius 3 is 2.30 bits per heavy atom. The van der Waals surface area contributed by atoms with Crippen molar-refractivity contribution in [2.45, 2.75) is 32.3 Å². The zero-order chi connectivity index (χ0) is 7.24. The van der Waals surface area contributed by atoms with Gasteiger partial charge in [-0.15, -0.1) is 0 Å². The maximum Gasteiger partial charge on any atom is 0.0835 e. The first-order valence-electron chi connectivity index (χ1n) is 3.96. The average molecular weight is 138 g/mol. The van der Waals surface area contributed by atoms with E-state index in [1.165, 1.54) is 12.8 Å². The predicted molar refractivity (Wildman–Crippen MR) is 40.8 cm³/mol. The molecule has 1 aliphatic carbocycles. The monoisotopic (exact) mass is 138 g/mol. The van der Waals surface area contributed by atoms with Crippen molar-refractivity contribution in [3.05, 3.63) is 12.2 Å². The van der Waals surface area contributed by atoms with Gasteiger partial charge in [0.05, 0.1) is 12.2 Å². The SMILES string of the molecule is C[C@]12C=C[C@](C)(CC1)OC2. The quantitative estimate of drug-likeness (QED) is 0.466. The first-order chi connectivity index (χ1) is 4.62. The number of hydrogen-bond donors (Lipinski definition) is 0. The van der Waals surface area contributed by atoms with Crippen molar-refractivity contribution in [3.63, 3.8) is 0 Å². The minimum Gasteiger partial charge on any atom is -0.370 e. The third-order valence-corrected chi connectivity index (χ3v) is 2.76. The fourth-order valence-corrected chi connectivity index (χ4v) is 1.65. The van der Waals surface area contributed by atoms with Gasteiger partial charge in [-0.3, -0.25) is 0 Å². The van der Waals surface area contributed by atoms with Crippen LogP contribution in [0.2, 0.25) is 0 Å². The van der Waals surface area contributed by atoms with Crippen LogP contribution in [0, 0.1) is 5.41 Å². The maximum absolute atomic E-state index is 5.68. The lowest BCUT2D eigenvalue weighted by atomic mass is 9.73. The molecule has 1 fully saturated rings. The molecule has 56 valence electrons. The summed E-state index contributed by atoms with van der Waals surface area (Å²) in [5, 5.41) is 0.